The van der Waals surface area contributed by atoms with E-state index in [9.17, 15) is 18.0 Å². The number of nitrogens with zero attached hydrogens (tertiary/aromatic N) is 2. The molecule has 0 aromatic heterocycles. The number of amides is 2. The Hall–Kier alpha value is -4.17. The molecule has 1 N–H and O–H groups in total. The summed E-state index contributed by atoms with van der Waals surface area (Å²) in [6.45, 7) is 4.65. The van der Waals surface area contributed by atoms with Crippen molar-refractivity contribution in [3.8, 4) is 0 Å². The summed E-state index contributed by atoms with van der Waals surface area (Å²) in [5, 5.41) is 4.44. The molecule has 4 aromatic rings. The van der Waals surface area contributed by atoms with Crippen molar-refractivity contribution in [2.75, 3.05) is 42.1 Å². The van der Waals surface area contributed by atoms with E-state index in [-0.39, 0.29) is 10.8 Å². The van der Waals surface area contributed by atoms with Gasteiger partial charge in [-0.15, -0.1) is 0 Å². The number of hydrogen-bond donors (Lipinski definition) is 1. The second-order valence-electron chi connectivity index (χ2n) is 9.51. The topological polar surface area (TPSA) is 86.8 Å². The van der Waals surface area contributed by atoms with Gasteiger partial charge in [-0.2, -0.15) is 0 Å². The van der Waals surface area contributed by atoms with E-state index in [4.69, 9.17) is 0 Å². The highest BCUT2D eigenvalue weighted by atomic mass is 32.2. The van der Waals surface area contributed by atoms with Gasteiger partial charge in [-0.25, -0.2) is 8.42 Å². The Morgan fingerprint density at radius 1 is 0.789 bits per heavy atom. The number of carbonyl (C=O) groups is 2. The number of anilines is 2. The summed E-state index contributed by atoms with van der Waals surface area (Å²) >= 11 is 0. The number of nitrogens with one attached hydrogen (secondary N) is 1. The lowest BCUT2D eigenvalue weighted by molar-refractivity contribution is -0.113. The maximum absolute atomic E-state index is 12.8. The smallest absolute Gasteiger partial charge is 0.253 e. The lowest BCUT2D eigenvalue weighted by Crippen LogP contribution is -2.48. The number of aryl methyl sites for hydroxylation is 1. The third-order valence-electron chi connectivity index (χ3n) is 6.78. The van der Waals surface area contributed by atoms with Gasteiger partial charge in [0, 0.05) is 43.1 Å². The molecule has 8 heteroatoms. The minimum Gasteiger partial charge on any atom is -0.368 e. The molecule has 194 valence electrons. The molecule has 7 nitrogen and oxygen atoms in total. The summed E-state index contributed by atoms with van der Waals surface area (Å²) in [7, 11) is -3.78. The van der Waals surface area contributed by atoms with Crippen LogP contribution in [0, 0.1) is 6.92 Å². The average molecular weight is 528 g/mol. The maximum atomic E-state index is 12.8. The average Bonchev–Trinajstić information content (AvgIpc) is 2.93. The molecular weight excluding hydrogens is 498 g/mol. The van der Waals surface area contributed by atoms with Gasteiger partial charge in [0.15, 0.2) is 9.84 Å². The molecular formula is C30H29N3O4S. The number of sulfone groups is 1. The van der Waals surface area contributed by atoms with Crippen molar-refractivity contribution in [2.45, 2.75) is 11.8 Å². The van der Waals surface area contributed by atoms with E-state index in [0.717, 1.165) is 22.0 Å². The number of hydrogen-bond acceptors (Lipinski definition) is 5. The normalized spacial score (nSPS) is 13.9. The van der Waals surface area contributed by atoms with Crippen LogP contribution < -0.4 is 10.2 Å². The van der Waals surface area contributed by atoms with E-state index in [1.165, 1.54) is 6.07 Å². The molecule has 1 aliphatic rings. The number of benzene rings is 4. The summed E-state index contributed by atoms with van der Waals surface area (Å²) < 4.78 is 25.6. The Balaban J connectivity index is 1.16. The Morgan fingerprint density at radius 2 is 1.45 bits per heavy atom. The van der Waals surface area contributed by atoms with E-state index < -0.39 is 21.5 Å². The fraction of sp³-hybridized carbons (Fsp3) is 0.200. The summed E-state index contributed by atoms with van der Waals surface area (Å²) in [5.41, 5.74) is 3.33. The molecule has 0 radical (unpaired) electrons. The molecule has 0 atom stereocenters. The van der Waals surface area contributed by atoms with Gasteiger partial charge in [0.05, 0.1) is 4.90 Å². The van der Waals surface area contributed by atoms with Crippen molar-refractivity contribution in [3.05, 3.63) is 102 Å². The molecule has 1 heterocycles. The number of carbonyl (C=O) groups excluding carboxylic acids is 2. The van der Waals surface area contributed by atoms with E-state index in [1.54, 1.807) is 24.3 Å². The summed E-state index contributed by atoms with van der Waals surface area (Å²) in [6, 6.07) is 27.3. The first-order valence-corrected chi connectivity index (χ1v) is 14.2. The van der Waals surface area contributed by atoms with E-state index in [1.807, 2.05) is 72.5 Å². The highest BCUT2D eigenvalue weighted by molar-refractivity contribution is 7.92. The largest absolute Gasteiger partial charge is 0.368 e. The molecule has 38 heavy (non-hydrogen) atoms. The Labute approximate surface area is 222 Å². The second kappa shape index (κ2) is 10.7. The Kier molecular flexibility index (Phi) is 7.15. The summed E-state index contributed by atoms with van der Waals surface area (Å²) in [5.74, 6) is -1.18. The molecule has 4 aromatic carbocycles. The fourth-order valence-electron chi connectivity index (χ4n) is 4.62. The van der Waals surface area contributed by atoms with Crippen molar-refractivity contribution >= 4 is 43.8 Å². The minimum absolute atomic E-state index is 0.0429. The maximum Gasteiger partial charge on any atom is 0.253 e. The van der Waals surface area contributed by atoms with Crippen LogP contribution in [0.2, 0.25) is 0 Å². The summed E-state index contributed by atoms with van der Waals surface area (Å²) in [6.07, 6.45) is 0. The standard InChI is InChI=1S/C30H29N3O4S/c1-22-6-8-24(9-7-22)30(35)33-18-16-32(17-19-33)27-13-11-26(12-14-27)31-29(34)21-38(36,37)28-15-10-23-4-2-3-5-25(23)20-28/h2-15,20H,16-19,21H2,1H3,(H,31,34). The van der Waals surface area contributed by atoms with Crippen molar-refractivity contribution in [1.82, 2.24) is 4.90 Å². The molecule has 0 aliphatic carbocycles. The zero-order valence-corrected chi connectivity index (χ0v) is 21.9. The monoisotopic (exact) mass is 527 g/mol. The first-order chi connectivity index (χ1) is 18.3. The van der Waals surface area contributed by atoms with Crippen LogP contribution in [-0.4, -0.2) is 57.1 Å². The molecule has 1 fully saturated rings. The van der Waals surface area contributed by atoms with Crippen LogP contribution in [0.4, 0.5) is 11.4 Å². The third kappa shape index (κ3) is 5.70. The minimum atomic E-state index is -3.78. The van der Waals surface area contributed by atoms with Crippen LogP contribution >= 0.6 is 0 Å². The predicted octanol–water partition coefficient (Wildman–Crippen LogP) is 4.52. The molecule has 1 saturated heterocycles. The van der Waals surface area contributed by atoms with Gasteiger partial charge in [0.2, 0.25) is 5.91 Å². The molecule has 1 aliphatic heterocycles. The first-order valence-electron chi connectivity index (χ1n) is 12.5. The van der Waals surface area contributed by atoms with E-state index in [0.29, 0.717) is 37.4 Å². The van der Waals surface area contributed by atoms with Gasteiger partial charge in [-0.1, -0.05) is 48.0 Å². The molecule has 0 unspecified atom stereocenters. The fourth-order valence-corrected chi connectivity index (χ4v) is 5.78. The number of piperazine rings is 1. The molecule has 0 spiro atoms. The number of rotatable bonds is 6. The summed E-state index contributed by atoms with van der Waals surface area (Å²) in [4.78, 5) is 29.5. The lowest BCUT2D eigenvalue weighted by Gasteiger charge is -2.36. The second-order valence-corrected chi connectivity index (χ2v) is 11.5. The lowest BCUT2D eigenvalue weighted by atomic mass is 10.1. The quantitative estimate of drug-likeness (QED) is 0.398. The van der Waals surface area contributed by atoms with Crippen molar-refractivity contribution < 1.29 is 18.0 Å². The molecule has 0 bridgehead atoms. The third-order valence-corrected chi connectivity index (χ3v) is 8.40. The van der Waals surface area contributed by atoms with Crippen LogP contribution in [0.3, 0.4) is 0 Å². The van der Waals surface area contributed by atoms with E-state index in [2.05, 4.69) is 10.2 Å². The van der Waals surface area contributed by atoms with E-state index >= 15 is 0 Å². The Bertz CT molecular complexity index is 1570. The SMILES string of the molecule is Cc1ccc(C(=O)N2CCN(c3ccc(NC(=O)CS(=O)(=O)c4ccc5ccccc5c4)cc3)CC2)cc1. The van der Waals surface area contributed by atoms with Crippen LogP contribution in [-0.2, 0) is 14.6 Å². The van der Waals surface area contributed by atoms with Crippen LogP contribution in [0.25, 0.3) is 10.8 Å². The van der Waals surface area contributed by atoms with Crippen LogP contribution in [0.5, 0.6) is 0 Å². The van der Waals surface area contributed by atoms with Gasteiger partial charge < -0.3 is 15.1 Å². The van der Waals surface area contributed by atoms with Gasteiger partial charge in [-0.05, 0) is 66.2 Å². The van der Waals surface area contributed by atoms with Gasteiger partial charge in [0.25, 0.3) is 5.91 Å². The molecule has 0 saturated carbocycles. The highest BCUT2D eigenvalue weighted by Gasteiger charge is 2.23. The van der Waals surface area contributed by atoms with Crippen LogP contribution in [0.1, 0.15) is 15.9 Å². The van der Waals surface area contributed by atoms with Crippen molar-refractivity contribution in [2.24, 2.45) is 0 Å². The highest BCUT2D eigenvalue weighted by Crippen LogP contribution is 2.22. The zero-order chi connectivity index (χ0) is 26.7. The Morgan fingerprint density at radius 3 is 2.13 bits per heavy atom. The van der Waals surface area contributed by atoms with Crippen molar-refractivity contribution in [3.63, 3.8) is 0 Å². The molecule has 5 rings (SSSR count). The zero-order valence-electron chi connectivity index (χ0n) is 21.1. The van der Waals surface area contributed by atoms with Crippen LogP contribution in [0.15, 0.2) is 95.9 Å². The predicted molar refractivity (Wildman–Crippen MR) is 150 cm³/mol. The first kappa shape index (κ1) is 25.5. The van der Waals surface area contributed by atoms with Gasteiger partial charge in [0.1, 0.15) is 5.75 Å². The number of fused-ring (bicyclic) bond motifs is 1. The van der Waals surface area contributed by atoms with Gasteiger partial charge >= 0.3 is 0 Å². The molecule has 2 amide bonds. The van der Waals surface area contributed by atoms with Gasteiger partial charge in [-0.3, -0.25) is 9.59 Å². The van der Waals surface area contributed by atoms with Crippen molar-refractivity contribution in [1.29, 1.82) is 0 Å².